The average Bonchev–Trinajstić information content (AvgIpc) is 2.92. The zero-order chi connectivity index (χ0) is 10.3. The quantitative estimate of drug-likeness (QED) is 0.659. The minimum Gasteiger partial charge on any atom is -0.197 e. The lowest BCUT2D eigenvalue weighted by molar-refractivity contribution is 0.891. The van der Waals surface area contributed by atoms with Crippen LogP contribution >= 0.6 is 0 Å². The van der Waals surface area contributed by atoms with Crippen LogP contribution in [0.4, 0.5) is 0 Å². The maximum Gasteiger partial charge on any atom is 0.0826 e. The van der Waals surface area contributed by atoms with Crippen molar-refractivity contribution in [2.45, 2.75) is 39.0 Å². The van der Waals surface area contributed by atoms with Crippen LogP contribution in [-0.2, 0) is 5.41 Å². The minimum atomic E-state index is -0.136. The van der Waals surface area contributed by atoms with E-state index in [0.29, 0.717) is 0 Å². The van der Waals surface area contributed by atoms with E-state index in [2.05, 4.69) is 39.0 Å². The highest BCUT2D eigenvalue weighted by molar-refractivity contribution is 5.47. The van der Waals surface area contributed by atoms with Crippen molar-refractivity contribution < 1.29 is 0 Å². The first-order valence-corrected chi connectivity index (χ1v) is 5.09. The third kappa shape index (κ3) is 1.23. The SMILES string of the molecule is Cc1cc(C)c(C2(C#N)CC2)cc1C. The zero-order valence-electron chi connectivity index (χ0n) is 9.02. The van der Waals surface area contributed by atoms with Gasteiger partial charge in [0.25, 0.3) is 0 Å². The lowest BCUT2D eigenvalue weighted by atomic mass is 9.90. The summed E-state index contributed by atoms with van der Waals surface area (Å²) in [4.78, 5) is 0. The lowest BCUT2D eigenvalue weighted by Crippen LogP contribution is -2.06. The standard InChI is InChI=1S/C13H15N/c1-9-6-11(3)12(7-10(9)2)13(8-14)4-5-13/h6-7H,4-5H2,1-3H3. The molecule has 0 atom stereocenters. The van der Waals surface area contributed by atoms with E-state index in [1.165, 1.54) is 22.3 Å². The second kappa shape index (κ2) is 2.85. The van der Waals surface area contributed by atoms with Gasteiger partial charge < -0.3 is 0 Å². The van der Waals surface area contributed by atoms with Crippen LogP contribution in [0, 0.1) is 32.1 Å². The highest BCUT2D eigenvalue weighted by atomic mass is 14.5. The summed E-state index contributed by atoms with van der Waals surface area (Å²) >= 11 is 0. The number of benzene rings is 1. The van der Waals surface area contributed by atoms with Gasteiger partial charge in [-0.15, -0.1) is 0 Å². The summed E-state index contributed by atoms with van der Waals surface area (Å²) in [5.41, 5.74) is 5.00. The zero-order valence-corrected chi connectivity index (χ0v) is 9.02. The van der Waals surface area contributed by atoms with Crippen LogP contribution in [0.5, 0.6) is 0 Å². The van der Waals surface area contributed by atoms with Crippen LogP contribution in [0.25, 0.3) is 0 Å². The molecular formula is C13H15N. The molecule has 0 amide bonds. The molecule has 0 radical (unpaired) electrons. The van der Waals surface area contributed by atoms with Gasteiger partial charge >= 0.3 is 0 Å². The van der Waals surface area contributed by atoms with Gasteiger partial charge in [-0.2, -0.15) is 5.26 Å². The molecule has 0 aliphatic heterocycles. The summed E-state index contributed by atoms with van der Waals surface area (Å²) in [7, 11) is 0. The Kier molecular flexibility index (Phi) is 1.89. The number of aryl methyl sites for hydroxylation is 3. The third-order valence-corrected chi connectivity index (χ3v) is 3.32. The van der Waals surface area contributed by atoms with Gasteiger partial charge in [0.2, 0.25) is 0 Å². The summed E-state index contributed by atoms with van der Waals surface area (Å²) in [6.07, 6.45) is 2.07. The third-order valence-electron chi connectivity index (χ3n) is 3.32. The number of nitriles is 1. The van der Waals surface area contributed by atoms with E-state index in [1.807, 2.05) is 0 Å². The topological polar surface area (TPSA) is 23.8 Å². The predicted molar refractivity (Wildman–Crippen MR) is 57.2 cm³/mol. The molecule has 0 aromatic heterocycles. The van der Waals surface area contributed by atoms with E-state index in [9.17, 15) is 0 Å². The van der Waals surface area contributed by atoms with Crippen molar-refractivity contribution in [2.24, 2.45) is 0 Å². The van der Waals surface area contributed by atoms with Crippen molar-refractivity contribution in [3.05, 3.63) is 34.4 Å². The van der Waals surface area contributed by atoms with Crippen LogP contribution in [0.1, 0.15) is 35.1 Å². The summed E-state index contributed by atoms with van der Waals surface area (Å²) < 4.78 is 0. The van der Waals surface area contributed by atoms with Gasteiger partial charge in [-0.05, 0) is 55.9 Å². The van der Waals surface area contributed by atoms with E-state index in [0.717, 1.165) is 12.8 Å². The molecule has 0 unspecified atom stereocenters. The maximum absolute atomic E-state index is 9.14. The molecule has 72 valence electrons. The number of rotatable bonds is 1. The molecule has 14 heavy (non-hydrogen) atoms. The molecule has 1 nitrogen and oxygen atoms in total. The molecule has 2 rings (SSSR count). The van der Waals surface area contributed by atoms with Gasteiger partial charge in [0.05, 0.1) is 11.5 Å². The molecule has 0 saturated heterocycles. The summed E-state index contributed by atoms with van der Waals surface area (Å²) in [5, 5.41) is 9.14. The van der Waals surface area contributed by atoms with Crippen molar-refractivity contribution >= 4 is 0 Å². The summed E-state index contributed by atoms with van der Waals surface area (Å²) in [5.74, 6) is 0. The fraction of sp³-hybridized carbons (Fsp3) is 0.462. The Morgan fingerprint density at radius 3 is 2.14 bits per heavy atom. The minimum absolute atomic E-state index is 0.136. The average molecular weight is 185 g/mol. The van der Waals surface area contributed by atoms with Crippen LogP contribution in [-0.4, -0.2) is 0 Å². The molecule has 0 spiro atoms. The summed E-state index contributed by atoms with van der Waals surface area (Å²) in [6.45, 7) is 6.35. The van der Waals surface area contributed by atoms with Gasteiger partial charge in [-0.3, -0.25) is 0 Å². The van der Waals surface area contributed by atoms with E-state index in [-0.39, 0.29) is 5.41 Å². The van der Waals surface area contributed by atoms with Gasteiger partial charge in [0, 0.05) is 0 Å². The fourth-order valence-corrected chi connectivity index (χ4v) is 2.04. The Morgan fingerprint density at radius 2 is 1.64 bits per heavy atom. The van der Waals surface area contributed by atoms with Gasteiger partial charge in [0.15, 0.2) is 0 Å². The van der Waals surface area contributed by atoms with Crippen molar-refractivity contribution in [1.82, 2.24) is 0 Å². The van der Waals surface area contributed by atoms with Crippen molar-refractivity contribution in [3.63, 3.8) is 0 Å². The van der Waals surface area contributed by atoms with Crippen molar-refractivity contribution in [2.75, 3.05) is 0 Å². The van der Waals surface area contributed by atoms with Gasteiger partial charge in [0.1, 0.15) is 0 Å². The molecule has 0 bridgehead atoms. The van der Waals surface area contributed by atoms with Gasteiger partial charge in [-0.25, -0.2) is 0 Å². The van der Waals surface area contributed by atoms with E-state index in [4.69, 9.17) is 5.26 Å². The Hall–Kier alpha value is -1.29. The van der Waals surface area contributed by atoms with Crippen LogP contribution < -0.4 is 0 Å². The second-order valence-corrected chi connectivity index (χ2v) is 4.45. The smallest absolute Gasteiger partial charge is 0.0826 e. The Bertz CT molecular complexity index is 420. The van der Waals surface area contributed by atoms with Gasteiger partial charge in [-0.1, -0.05) is 12.1 Å². The Balaban J connectivity index is 2.55. The van der Waals surface area contributed by atoms with Crippen LogP contribution in [0.3, 0.4) is 0 Å². The fourth-order valence-electron chi connectivity index (χ4n) is 2.04. The number of nitrogens with zero attached hydrogens (tertiary/aromatic N) is 1. The molecule has 1 aromatic carbocycles. The molecule has 1 aliphatic rings. The van der Waals surface area contributed by atoms with Crippen molar-refractivity contribution in [1.29, 1.82) is 5.26 Å². The highest BCUT2D eigenvalue weighted by Crippen LogP contribution is 2.49. The molecule has 1 heteroatoms. The number of hydrogen-bond acceptors (Lipinski definition) is 1. The first-order chi connectivity index (χ1) is 6.59. The van der Waals surface area contributed by atoms with E-state index in [1.54, 1.807) is 0 Å². The normalized spacial score (nSPS) is 17.6. The molecule has 1 fully saturated rings. The largest absolute Gasteiger partial charge is 0.197 e. The Labute approximate surface area is 85.4 Å². The van der Waals surface area contributed by atoms with E-state index < -0.39 is 0 Å². The molecule has 1 aromatic rings. The first kappa shape index (κ1) is 9.27. The monoisotopic (exact) mass is 185 g/mol. The van der Waals surface area contributed by atoms with Crippen molar-refractivity contribution in [3.8, 4) is 6.07 Å². The van der Waals surface area contributed by atoms with Crippen LogP contribution in [0.15, 0.2) is 12.1 Å². The molecule has 0 N–H and O–H groups in total. The predicted octanol–water partition coefficient (Wildman–Crippen LogP) is 3.17. The molecule has 1 saturated carbocycles. The number of hydrogen-bond donors (Lipinski definition) is 0. The second-order valence-electron chi connectivity index (χ2n) is 4.45. The molecular weight excluding hydrogens is 170 g/mol. The molecule has 0 heterocycles. The maximum atomic E-state index is 9.14. The highest BCUT2D eigenvalue weighted by Gasteiger charge is 2.45. The summed E-state index contributed by atoms with van der Waals surface area (Å²) in [6, 6.07) is 6.85. The lowest BCUT2D eigenvalue weighted by Gasteiger charge is -2.13. The van der Waals surface area contributed by atoms with E-state index >= 15 is 0 Å². The molecule has 1 aliphatic carbocycles. The Morgan fingerprint density at radius 1 is 1.07 bits per heavy atom. The van der Waals surface area contributed by atoms with Crippen LogP contribution in [0.2, 0.25) is 0 Å². The first-order valence-electron chi connectivity index (χ1n) is 5.09.